The van der Waals surface area contributed by atoms with Crippen LogP contribution >= 0.6 is 0 Å². The van der Waals surface area contributed by atoms with Gasteiger partial charge in [0.15, 0.2) is 6.29 Å². The Morgan fingerprint density at radius 2 is 1.68 bits per heavy atom. The van der Waals surface area contributed by atoms with Crippen LogP contribution in [-0.2, 0) is 0 Å². The van der Waals surface area contributed by atoms with Gasteiger partial charge in [0.05, 0.1) is 17.4 Å². The number of aryl methyl sites for hydroxylation is 2. The number of aromatic nitrogens is 2. The minimum absolute atomic E-state index is 0.488. The number of aldehydes is 1. The highest BCUT2D eigenvalue weighted by atomic mass is 16.1. The molecule has 0 radical (unpaired) electrons. The number of nitrogens with zero attached hydrogens (tertiary/aromatic N) is 2. The number of hydrogen-bond acceptors (Lipinski definition) is 2. The van der Waals surface area contributed by atoms with Gasteiger partial charge >= 0.3 is 0 Å². The number of rotatable bonds is 4. The molecule has 28 heavy (non-hydrogen) atoms. The van der Waals surface area contributed by atoms with E-state index >= 15 is 0 Å². The summed E-state index contributed by atoms with van der Waals surface area (Å²) in [5.41, 5.74) is 8.35. The van der Waals surface area contributed by atoms with Gasteiger partial charge in [0, 0.05) is 28.4 Å². The third-order valence-corrected chi connectivity index (χ3v) is 5.42. The Hall–Kier alpha value is -3.20. The zero-order valence-corrected chi connectivity index (χ0v) is 16.7. The van der Waals surface area contributed by atoms with Crippen molar-refractivity contribution in [2.75, 3.05) is 0 Å². The maximum Gasteiger partial charge on any atom is 0.152 e. The predicted molar refractivity (Wildman–Crippen MR) is 115 cm³/mol. The molecule has 0 aliphatic rings. The molecule has 0 N–H and O–H groups in total. The first-order chi connectivity index (χ1) is 13.5. The van der Waals surface area contributed by atoms with Crippen molar-refractivity contribution in [3.63, 3.8) is 0 Å². The number of pyridine rings is 1. The molecule has 0 aliphatic carbocycles. The average molecular weight is 368 g/mol. The fourth-order valence-corrected chi connectivity index (χ4v) is 3.83. The molecule has 0 amide bonds. The Kier molecular flexibility index (Phi) is 4.60. The molecule has 0 unspecified atom stereocenters. The van der Waals surface area contributed by atoms with Crippen molar-refractivity contribution in [1.29, 1.82) is 0 Å². The molecule has 0 saturated heterocycles. The highest BCUT2D eigenvalue weighted by Crippen LogP contribution is 2.31. The van der Waals surface area contributed by atoms with Crippen LogP contribution in [0.4, 0.5) is 0 Å². The third-order valence-electron chi connectivity index (χ3n) is 5.42. The number of fused-ring (bicyclic) bond motifs is 1. The molecule has 2 heterocycles. The Labute approximate surface area is 165 Å². The van der Waals surface area contributed by atoms with E-state index in [2.05, 4.69) is 70.2 Å². The predicted octanol–water partition coefficient (Wildman–Crippen LogP) is 6.25. The van der Waals surface area contributed by atoms with E-state index < -0.39 is 0 Å². The molecule has 3 nitrogen and oxygen atoms in total. The highest BCUT2D eigenvalue weighted by molar-refractivity contribution is 5.99. The lowest BCUT2D eigenvalue weighted by atomic mass is 9.99. The molecular formula is C25H24N2O. The molecule has 140 valence electrons. The van der Waals surface area contributed by atoms with Crippen molar-refractivity contribution in [2.45, 2.75) is 33.6 Å². The van der Waals surface area contributed by atoms with Crippen molar-refractivity contribution in [3.05, 3.63) is 83.2 Å². The fourth-order valence-electron chi connectivity index (χ4n) is 3.83. The SMILES string of the molecule is Cc1cccc(C)c1-c1cc2c(C=O)cn(-c3ccc(C(C)C)cc3)c2cn1. The van der Waals surface area contributed by atoms with Gasteiger partial charge in [0.1, 0.15) is 0 Å². The minimum Gasteiger partial charge on any atom is -0.314 e. The first-order valence-corrected chi connectivity index (χ1v) is 9.63. The molecule has 0 spiro atoms. The van der Waals surface area contributed by atoms with Gasteiger partial charge in [0.25, 0.3) is 0 Å². The van der Waals surface area contributed by atoms with Gasteiger partial charge in [-0.2, -0.15) is 0 Å². The molecule has 0 bridgehead atoms. The van der Waals surface area contributed by atoms with Crippen molar-refractivity contribution >= 4 is 17.2 Å². The number of hydrogen-bond donors (Lipinski definition) is 0. The van der Waals surface area contributed by atoms with Gasteiger partial charge in [-0.1, -0.05) is 44.2 Å². The Morgan fingerprint density at radius 1 is 1.00 bits per heavy atom. The largest absolute Gasteiger partial charge is 0.314 e. The fraction of sp³-hybridized carbons (Fsp3) is 0.200. The van der Waals surface area contributed by atoms with E-state index in [0.717, 1.165) is 34.1 Å². The molecule has 3 heteroatoms. The Balaban J connectivity index is 1.88. The van der Waals surface area contributed by atoms with Gasteiger partial charge in [-0.3, -0.25) is 9.78 Å². The van der Waals surface area contributed by atoms with Gasteiger partial charge in [-0.15, -0.1) is 0 Å². The second-order valence-electron chi connectivity index (χ2n) is 7.67. The monoisotopic (exact) mass is 368 g/mol. The molecule has 0 atom stereocenters. The molecule has 4 aromatic rings. The van der Waals surface area contributed by atoms with Gasteiger partial charge in [-0.05, 0) is 54.7 Å². The van der Waals surface area contributed by atoms with E-state index in [9.17, 15) is 4.79 Å². The average Bonchev–Trinajstić information content (AvgIpc) is 3.06. The molecule has 0 fully saturated rings. The van der Waals surface area contributed by atoms with Crippen molar-refractivity contribution in [1.82, 2.24) is 9.55 Å². The minimum atomic E-state index is 0.488. The normalized spacial score (nSPS) is 11.3. The maximum atomic E-state index is 11.8. The summed E-state index contributed by atoms with van der Waals surface area (Å²) < 4.78 is 2.05. The van der Waals surface area contributed by atoms with Crippen LogP contribution in [0.15, 0.2) is 60.9 Å². The summed E-state index contributed by atoms with van der Waals surface area (Å²) in [6.45, 7) is 8.56. The number of benzene rings is 2. The Bertz CT molecular complexity index is 1150. The van der Waals surface area contributed by atoms with E-state index in [1.54, 1.807) is 0 Å². The zero-order chi connectivity index (χ0) is 19.8. The molecule has 0 saturated carbocycles. The van der Waals surface area contributed by atoms with Crippen LogP contribution in [0.2, 0.25) is 0 Å². The van der Waals surface area contributed by atoms with E-state index in [1.807, 2.05) is 23.0 Å². The van der Waals surface area contributed by atoms with E-state index in [4.69, 9.17) is 4.98 Å². The number of carbonyl (C=O) groups is 1. The summed E-state index contributed by atoms with van der Waals surface area (Å²) >= 11 is 0. The van der Waals surface area contributed by atoms with Crippen LogP contribution in [0.1, 0.15) is 46.8 Å². The first-order valence-electron chi connectivity index (χ1n) is 9.63. The quantitative estimate of drug-likeness (QED) is 0.399. The third kappa shape index (κ3) is 3.03. The lowest BCUT2D eigenvalue weighted by Crippen LogP contribution is -1.95. The van der Waals surface area contributed by atoms with Crippen molar-refractivity contribution in [2.24, 2.45) is 0 Å². The zero-order valence-electron chi connectivity index (χ0n) is 16.7. The Morgan fingerprint density at radius 3 is 2.29 bits per heavy atom. The van der Waals surface area contributed by atoms with Crippen LogP contribution < -0.4 is 0 Å². The highest BCUT2D eigenvalue weighted by Gasteiger charge is 2.14. The summed E-state index contributed by atoms with van der Waals surface area (Å²) in [7, 11) is 0. The van der Waals surface area contributed by atoms with Crippen LogP contribution in [0.25, 0.3) is 27.8 Å². The van der Waals surface area contributed by atoms with Crippen LogP contribution in [0.5, 0.6) is 0 Å². The van der Waals surface area contributed by atoms with E-state index in [1.165, 1.54) is 16.7 Å². The second-order valence-corrected chi connectivity index (χ2v) is 7.67. The van der Waals surface area contributed by atoms with Crippen molar-refractivity contribution < 1.29 is 4.79 Å². The van der Waals surface area contributed by atoms with Crippen LogP contribution in [0.3, 0.4) is 0 Å². The second kappa shape index (κ2) is 7.08. The summed E-state index contributed by atoms with van der Waals surface area (Å²) in [5, 5.41) is 0.926. The van der Waals surface area contributed by atoms with Gasteiger partial charge < -0.3 is 4.57 Å². The van der Waals surface area contributed by atoms with Crippen LogP contribution in [0, 0.1) is 13.8 Å². The summed E-state index contributed by atoms with van der Waals surface area (Å²) in [6, 6.07) is 16.8. The molecule has 0 aliphatic heterocycles. The topological polar surface area (TPSA) is 34.9 Å². The standard InChI is InChI=1S/C25H24N2O/c1-16(2)19-8-10-21(11-9-19)27-14-20(15-28)22-12-23(26-13-24(22)27)25-17(3)6-5-7-18(25)4/h5-16H,1-4H3. The summed E-state index contributed by atoms with van der Waals surface area (Å²) in [4.78, 5) is 16.5. The molecule has 2 aromatic heterocycles. The molecule has 2 aromatic carbocycles. The lowest BCUT2D eigenvalue weighted by molar-refractivity contribution is 0.112. The molecular weight excluding hydrogens is 344 g/mol. The van der Waals surface area contributed by atoms with E-state index in [-0.39, 0.29) is 0 Å². The van der Waals surface area contributed by atoms with Gasteiger partial charge in [0.2, 0.25) is 0 Å². The van der Waals surface area contributed by atoms with Gasteiger partial charge in [-0.25, -0.2) is 0 Å². The summed E-state index contributed by atoms with van der Waals surface area (Å²) in [5.74, 6) is 0.488. The summed E-state index contributed by atoms with van der Waals surface area (Å²) in [6.07, 6.45) is 4.70. The van der Waals surface area contributed by atoms with Crippen molar-refractivity contribution in [3.8, 4) is 16.9 Å². The maximum absolute atomic E-state index is 11.8. The first kappa shape index (κ1) is 18.2. The lowest BCUT2D eigenvalue weighted by Gasteiger charge is -2.11. The van der Waals surface area contributed by atoms with E-state index in [0.29, 0.717) is 11.5 Å². The smallest absolute Gasteiger partial charge is 0.152 e. The number of carbonyl (C=O) groups excluding carboxylic acids is 1. The van der Waals surface area contributed by atoms with Crippen LogP contribution in [-0.4, -0.2) is 15.8 Å². The molecule has 4 rings (SSSR count).